The minimum Gasteiger partial charge on any atom is -0.378 e. The number of para-hydroxylation sites is 2. The third kappa shape index (κ3) is 6.54. The number of benzene rings is 2. The smallest absolute Gasteiger partial charge is 0.292 e. The van der Waals surface area contributed by atoms with Gasteiger partial charge in [0, 0.05) is 32.1 Å². The van der Waals surface area contributed by atoms with E-state index < -0.39 is 14.9 Å². The van der Waals surface area contributed by atoms with Gasteiger partial charge in [0.05, 0.1) is 9.82 Å². The van der Waals surface area contributed by atoms with Crippen LogP contribution >= 0.6 is 0 Å². The molecule has 0 saturated heterocycles. The van der Waals surface area contributed by atoms with E-state index in [1.54, 1.807) is 43.3 Å². The Kier molecular flexibility index (Phi) is 7.68. The van der Waals surface area contributed by atoms with E-state index in [1.165, 1.54) is 6.07 Å². The number of sulfonamides is 1. The molecule has 0 fully saturated rings. The van der Waals surface area contributed by atoms with Gasteiger partial charge in [-0.1, -0.05) is 29.8 Å². The van der Waals surface area contributed by atoms with Crippen molar-refractivity contribution in [3.05, 3.63) is 63.7 Å². The van der Waals surface area contributed by atoms with Gasteiger partial charge >= 0.3 is 0 Å². The van der Waals surface area contributed by atoms with E-state index in [0.717, 1.165) is 5.56 Å². The van der Waals surface area contributed by atoms with Crippen LogP contribution in [-0.4, -0.2) is 38.9 Å². The Morgan fingerprint density at radius 2 is 1.79 bits per heavy atom. The number of nitrogens with zero attached hydrogens (tertiary/aromatic N) is 1. The average molecular weight is 420 g/mol. The maximum atomic E-state index is 12.3. The molecule has 0 spiro atoms. The molecule has 1 amide bonds. The summed E-state index contributed by atoms with van der Waals surface area (Å²) < 4.78 is 27.1. The van der Waals surface area contributed by atoms with Crippen molar-refractivity contribution < 1.29 is 18.1 Å². The highest BCUT2D eigenvalue weighted by atomic mass is 32.2. The quantitative estimate of drug-likeness (QED) is 0.307. The van der Waals surface area contributed by atoms with Gasteiger partial charge in [0.25, 0.3) is 5.69 Å². The lowest BCUT2D eigenvalue weighted by molar-refractivity contribution is -0.384. The number of hydrogen-bond acceptors (Lipinski definition) is 6. The van der Waals surface area contributed by atoms with Crippen LogP contribution in [0.25, 0.3) is 0 Å². The third-order valence-corrected chi connectivity index (χ3v) is 5.75. The zero-order chi connectivity index (χ0) is 21.4. The number of nitrogens with one attached hydrogen (secondary N) is 3. The summed E-state index contributed by atoms with van der Waals surface area (Å²) in [5, 5.41) is 16.5. The van der Waals surface area contributed by atoms with Gasteiger partial charge in [-0.3, -0.25) is 14.9 Å². The van der Waals surface area contributed by atoms with Gasteiger partial charge in [0.15, 0.2) is 0 Å². The standard InChI is InChI=1S/C19H24N4O5S/c1-14-7-8-18(15(2)13-14)29(27,28)22-10-9-19(24)21-12-11-20-16-5-3-4-6-17(16)23(25)26/h3-8,13,20,22H,9-12H2,1-2H3,(H,21,24). The molecule has 156 valence electrons. The van der Waals surface area contributed by atoms with E-state index in [9.17, 15) is 23.3 Å². The molecule has 3 N–H and O–H groups in total. The van der Waals surface area contributed by atoms with Gasteiger partial charge in [0.1, 0.15) is 5.69 Å². The second-order valence-electron chi connectivity index (χ2n) is 6.47. The third-order valence-electron chi connectivity index (χ3n) is 4.13. The molecule has 0 radical (unpaired) electrons. The summed E-state index contributed by atoms with van der Waals surface area (Å²) in [6.45, 7) is 4.11. The highest BCUT2D eigenvalue weighted by Gasteiger charge is 2.16. The molecule has 9 nitrogen and oxygen atoms in total. The number of amides is 1. The minimum absolute atomic E-state index is 0.0182. The first-order valence-corrected chi connectivity index (χ1v) is 10.5. The van der Waals surface area contributed by atoms with Crippen molar-refractivity contribution in [1.29, 1.82) is 0 Å². The fourth-order valence-electron chi connectivity index (χ4n) is 2.75. The van der Waals surface area contributed by atoms with Crippen LogP contribution in [0.1, 0.15) is 17.5 Å². The van der Waals surface area contributed by atoms with E-state index in [2.05, 4.69) is 15.4 Å². The molecule has 0 aliphatic carbocycles. The van der Waals surface area contributed by atoms with Crippen LogP contribution in [0.15, 0.2) is 47.4 Å². The van der Waals surface area contributed by atoms with Crippen molar-refractivity contribution in [2.24, 2.45) is 0 Å². The Balaban J connectivity index is 1.74. The Hall–Kier alpha value is -2.98. The van der Waals surface area contributed by atoms with E-state index >= 15 is 0 Å². The highest BCUT2D eigenvalue weighted by Crippen LogP contribution is 2.22. The Bertz CT molecular complexity index is 992. The van der Waals surface area contributed by atoms with Crippen LogP contribution in [-0.2, 0) is 14.8 Å². The molecular weight excluding hydrogens is 396 g/mol. The molecule has 0 atom stereocenters. The fraction of sp³-hybridized carbons (Fsp3) is 0.316. The molecular formula is C19H24N4O5S. The molecule has 0 heterocycles. The molecule has 2 aromatic carbocycles. The number of anilines is 1. The normalized spacial score (nSPS) is 11.1. The van der Waals surface area contributed by atoms with Crippen molar-refractivity contribution in [3.63, 3.8) is 0 Å². The lowest BCUT2D eigenvalue weighted by Crippen LogP contribution is -2.33. The maximum Gasteiger partial charge on any atom is 0.292 e. The number of rotatable bonds is 10. The number of aryl methyl sites for hydroxylation is 2. The molecule has 29 heavy (non-hydrogen) atoms. The Morgan fingerprint density at radius 1 is 1.07 bits per heavy atom. The van der Waals surface area contributed by atoms with Crippen molar-refractivity contribution >= 4 is 27.3 Å². The fourth-order valence-corrected chi connectivity index (χ4v) is 4.00. The molecule has 10 heteroatoms. The first-order chi connectivity index (χ1) is 13.7. The molecule has 0 unspecified atom stereocenters. The predicted molar refractivity (Wildman–Crippen MR) is 110 cm³/mol. The van der Waals surface area contributed by atoms with Crippen LogP contribution in [0.4, 0.5) is 11.4 Å². The van der Waals surface area contributed by atoms with Gasteiger partial charge in [0.2, 0.25) is 15.9 Å². The van der Waals surface area contributed by atoms with Crippen LogP contribution in [0.2, 0.25) is 0 Å². The summed E-state index contributed by atoms with van der Waals surface area (Å²) in [6.07, 6.45) is -0.0182. The Labute approximate surface area is 169 Å². The zero-order valence-electron chi connectivity index (χ0n) is 16.3. The SMILES string of the molecule is Cc1ccc(S(=O)(=O)NCCC(=O)NCCNc2ccccc2[N+](=O)[O-])c(C)c1. The summed E-state index contributed by atoms with van der Waals surface area (Å²) in [5.41, 5.74) is 1.94. The first-order valence-electron chi connectivity index (χ1n) is 9.01. The molecule has 0 aliphatic rings. The Morgan fingerprint density at radius 3 is 2.48 bits per heavy atom. The van der Waals surface area contributed by atoms with Crippen LogP contribution in [0.3, 0.4) is 0 Å². The van der Waals surface area contributed by atoms with Crippen LogP contribution in [0, 0.1) is 24.0 Å². The lowest BCUT2D eigenvalue weighted by atomic mass is 10.2. The molecule has 0 aliphatic heterocycles. The highest BCUT2D eigenvalue weighted by molar-refractivity contribution is 7.89. The summed E-state index contributed by atoms with van der Waals surface area (Å²) in [5.74, 6) is -0.322. The number of carbonyl (C=O) groups is 1. The summed E-state index contributed by atoms with van der Waals surface area (Å²) in [4.78, 5) is 22.5. The van der Waals surface area contributed by atoms with Crippen LogP contribution in [0.5, 0.6) is 0 Å². The van der Waals surface area contributed by atoms with Gasteiger partial charge in [-0.25, -0.2) is 13.1 Å². The van der Waals surface area contributed by atoms with E-state index in [-0.39, 0.29) is 36.0 Å². The van der Waals surface area contributed by atoms with E-state index in [1.807, 2.05) is 6.92 Å². The van der Waals surface area contributed by atoms with Crippen molar-refractivity contribution in [3.8, 4) is 0 Å². The number of hydrogen-bond donors (Lipinski definition) is 3. The van der Waals surface area contributed by atoms with Crippen molar-refractivity contribution in [2.45, 2.75) is 25.2 Å². The summed E-state index contributed by atoms with van der Waals surface area (Å²) >= 11 is 0. The maximum absolute atomic E-state index is 12.3. The minimum atomic E-state index is -3.68. The second kappa shape index (κ2) is 9.99. The van der Waals surface area contributed by atoms with E-state index in [4.69, 9.17) is 0 Å². The molecule has 2 aromatic rings. The molecule has 0 aromatic heterocycles. The van der Waals surface area contributed by atoms with Crippen molar-refractivity contribution in [2.75, 3.05) is 25.0 Å². The molecule has 2 rings (SSSR count). The predicted octanol–water partition coefficient (Wildman–Crippen LogP) is 2.11. The summed E-state index contributed by atoms with van der Waals surface area (Å²) in [7, 11) is -3.68. The van der Waals surface area contributed by atoms with Crippen LogP contribution < -0.4 is 15.4 Å². The molecule has 0 saturated carbocycles. The van der Waals surface area contributed by atoms with Gasteiger partial charge in [-0.05, 0) is 31.5 Å². The van der Waals surface area contributed by atoms with Gasteiger partial charge < -0.3 is 10.6 Å². The number of carbonyl (C=O) groups excluding carboxylic acids is 1. The first kappa shape index (κ1) is 22.3. The average Bonchev–Trinajstić information content (AvgIpc) is 2.65. The van der Waals surface area contributed by atoms with Crippen molar-refractivity contribution in [1.82, 2.24) is 10.0 Å². The summed E-state index contributed by atoms with van der Waals surface area (Å²) in [6, 6.07) is 11.3. The topological polar surface area (TPSA) is 130 Å². The van der Waals surface area contributed by atoms with E-state index in [0.29, 0.717) is 17.8 Å². The largest absolute Gasteiger partial charge is 0.378 e. The zero-order valence-corrected chi connectivity index (χ0v) is 17.1. The monoisotopic (exact) mass is 420 g/mol. The number of nitro groups is 1. The lowest BCUT2D eigenvalue weighted by Gasteiger charge is -2.11. The number of nitro benzene ring substituents is 1. The second-order valence-corrected chi connectivity index (χ2v) is 8.20. The van der Waals surface area contributed by atoms with Gasteiger partial charge in [-0.2, -0.15) is 0 Å². The molecule has 0 bridgehead atoms. The van der Waals surface area contributed by atoms with Gasteiger partial charge in [-0.15, -0.1) is 0 Å².